The lowest BCUT2D eigenvalue weighted by Crippen LogP contribution is -2.44. The van der Waals surface area contributed by atoms with Gasteiger partial charge in [0.1, 0.15) is 11.4 Å². The Bertz CT molecular complexity index is 727. The normalized spacial score (nSPS) is 19.2. The molecule has 122 valence electrons. The molecule has 0 aliphatic carbocycles. The molecule has 1 aliphatic heterocycles. The molecule has 0 amide bonds. The van der Waals surface area contributed by atoms with Crippen molar-refractivity contribution in [3.05, 3.63) is 24.0 Å². The number of nitrogens with zero attached hydrogens (tertiary/aromatic N) is 6. The number of rotatable bonds is 3. The number of ether oxygens (including phenoxy) is 1. The van der Waals surface area contributed by atoms with Crippen molar-refractivity contribution in [2.45, 2.75) is 19.9 Å². The molecule has 0 spiro atoms. The second-order valence-corrected chi connectivity index (χ2v) is 5.61. The molecule has 0 bridgehead atoms. The summed E-state index contributed by atoms with van der Waals surface area (Å²) in [5.74, 6) is 0.784. The first-order chi connectivity index (χ1) is 11.1. The van der Waals surface area contributed by atoms with Gasteiger partial charge in [-0.25, -0.2) is 0 Å². The van der Waals surface area contributed by atoms with Crippen molar-refractivity contribution in [2.24, 2.45) is 12.2 Å². The SMILES string of the molecule is CC(=NO)c1nnc(N2CCOCC2C)cc1-c1ccnn1C. The van der Waals surface area contributed by atoms with Crippen LogP contribution in [0.2, 0.25) is 0 Å². The van der Waals surface area contributed by atoms with E-state index in [1.807, 2.05) is 19.2 Å². The quantitative estimate of drug-likeness (QED) is 0.521. The van der Waals surface area contributed by atoms with E-state index in [2.05, 4.69) is 32.3 Å². The van der Waals surface area contributed by atoms with Gasteiger partial charge in [-0.1, -0.05) is 5.16 Å². The molecule has 2 aromatic heterocycles. The molecule has 8 nitrogen and oxygen atoms in total. The topological polar surface area (TPSA) is 88.7 Å². The minimum Gasteiger partial charge on any atom is -0.411 e. The van der Waals surface area contributed by atoms with Crippen molar-refractivity contribution in [3.63, 3.8) is 0 Å². The van der Waals surface area contributed by atoms with Crippen molar-refractivity contribution in [3.8, 4) is 11.3 Å². The molecule has 3 heterocycles. The van der Waals surface area contributed by atoms with E-state index >= 15 is 0 Å². The molecule has 0 saturated carbocycles. The smallest absolute Gasteiger partial charge is 0.152 e. The fourth-order valence-electron chi connectivity index (χ4n) is 2.74. The summed E-state index contributed by atoms with van der Waals surface area (Å²) in [4.78, 5) is 2.17. The van der Waals surface area contributed by atoms with Crippen LogP contribution in [-0.2, 0) is 11.8 Å². The maximum atomic E-state index is 9.11. The molecule has 23 heavy (non-hydrogen) atoms. The lowest BCUT2D eigenvalue weighted by molar-refractivity contribution is 0.0984. The van der Waals surface area contributed by atoms with Crippen molar-refractivity contribution >= 4 is 11.5 Å². The molecule has 1 N–H and O–H groups in total. The third kappa shape index (κ3) is 2.89. The van der Waals surface area contributed by atoms with Gasteiger partial charge in [-0.3, -0.25) is 4.68 Å². The van der Waals surface area contributed by atoms with Gasteiger partial charge < -0.3 is 14.8 Å². The summed E-state index contributed by atoms with van der Waals surface area (Å²) in [6.07, 6.45) is 1.72. The molecule has 1 aliphatic rings. The van der Waals surface area contributed by atoms with Crippen molar-refractivity contribution < 1.29 is 9.94 Å². The van der Waals surface area contributed by atoms with Gasteiger partial charge in [0.05, 0.1) is 24.9 Å². The number of aromatic nitrogens is 4. The lowest BCUT2D eigenvalue weighted by atomic mass is 10.1. The summed E-state index contributed by atoms with van der Waals surface area (Å²) in [6.45, 7) is 5.90. The van der Waals surface area contributed by atoms with Crippen LogP contribution >= 0.6 is 0 Å². The predicted molar refractivity (Wildman–Crippen MR) is 85.9 cm³/mol. The average Bonchev–Trinajstić information content (AvgIpc) is 3.00. The van der Waals surface area contributed by atoms with Crippen LogP contribution in [0, 0.1) is 0 Å². The zero-order valence-corrected chi connectivity index (χ0v) is 13.5. The molecule has 1 saturated heterocycles. The van der Waals surface area contributed by atoms with Crippen molar-refractivity contribution in [2.75, 3.05) is 24.7 Å². The molecule has 1 fully saturated rings. The number of hydrogen-bond acceptors (Lipinski definition) is 7. The first kappa shape index (κ1) is 15.4. The fraction of sp³-hybridized carbons (Fsp3) is 0.467. The Morgan fingerprint density at radius 1 is 1.43 bits per heavy atom. The van der Waals surface area contributed by atoms with Crippen LogP contribution in [0.1, 0.15) is 19.5 Å². The van der Waals surface area contributed by atoms with Crippen LogP contribution in [0.3, 0.4) is 0 Å². The Balaban J connectivity index is 2.10. The van der Waals surface area contributed by atoms with Crippen LogP contribution in [-0.4, -0.2) is 56.7 Å². The van der Waals surface area contributed by atoms with E-state index in [4.69, 9.17) is 9.94 Å². The summed E-state index contributed by atoms with van der Waals surface area (Å²) in [5, 5.41) is 25.2. The highest BCUT2D eigenvalue weighted by Gasteiger charge is 2.23. The summed E-state index contributed by atoms with van der Waals surface area (Å²) in [6, 6.07) is 4.10. The van der Waals surface area contributed by atoms with Crippen LogP contribution in [0.15, 0.2) is 23.5 Å². The summed E-state index contributed by atoms with van der Waals surface area (Å²) in [7, 11) is 1.86. The first-order valence-corrected chi connectivity index (χ1v) is 7.51. The lowest BCUT2D eigenvalue weighted by Gasteiger charge is -2.34. The number of anilines is 1. The Hall–Kier alpha value is -2.48. The van der Waals surface area contributed by atoms with E-state index in [-0.39, 0.29) is 6.04 Å². The largest absolute Gasteiger partial charge is 0.411 e. The number of hydrogen-bond donors (Lipinski definition) is 1. The van der Waals surface area contributed by atoms with Gasteiger partial charge in [0, 0.05) is 25.4 Å². The van der Waals surface area contributed by atoms with Gasteiger partial charge in [0.15, 0.2) is 5.82 Å². The van der Waals surface area contributed by atoms with Crippen molar-refractivity contribution in [1.82, 2.24) is 20.0 Å². The zero-order valence-electron chi connectivity index (χ0n) is 13.5. The molecule has 1 atom stereocenters. The molecular weight excluding hydrogens is 296 g/mol. The maximum absolute atomic E-state index is 9.11. The Morgan fingerprint density at radius 3 is 2.91 bits per heavy atom. The standard InChI is InChI=1S/C15H20N6O2/c1-10-9-23-7-6-21(10)14-8-12(13-4-5-16-20(13)3)15(18-17-14)11(2)19-22/h4-5,8,10,22H,6-7,9H2,1-3H3. The third-order valence-corrected chi connectivity index (χ3v) is 4.03. The predicted octanol–water partition coefficient (Wildman–Crippen LogP) is 1.30. The summed E-state index contributed by atoms with van der Waals surface area (Å²) < 4.78 is 7.24. The Labute approximate surface area is 134 Å². The van der Waals surface area contributed by atoms with Crippen LogP contribution in [0.5, 0.6) is 0 Å². The second-order valence-electron chi connectivity index (χ2n) is 5.61. The summed E-state index contributed by atoms with van der Waals surface area (Å²) >= 11 is 0. The van der Waals surface area contributed by atoms with E-state index in [1.54, 1.807) is 17.8 Å². The van der Waals surface area contributed by atoms with Gasteiger partial charge in [0.2, 0.25) is 0 Å². The minimum atomic E-state index is 0.232. The van der Waals surface area contributed by atoms with E-state index < -0.39 is 0 Å². The van der Waals surface area contributed by atoms with E-state index in [1.165, 1.54) is 0 Å². The van der Waals surface area contributed by atoms with Crippen LogP contribution in [0.4, 0.5) is 5.82 Å². The maximum Gasteiger partial charge on any atom is 0.152 e. The fourth-order valence-corrected chi connectivity index (χ4v) is 2.74. The number of aryl methyl sites for hydroxylation is 1. The molecule has 1 unspecified atom stereocenters. The van der Waals surface area contributed by atoms with E-state index in [0.717, 1.165) is 23.6 Å². The number of oxime groups is 1. The monoisotopic (exact) mass is 316 g/mol. The van der Waals surface area contributed by atoms with Crippen LogP contribution < -0.4 is 4.90 Å². The molecule has 0 radical (unpaired) electrons. The molecule has 0 aromatic carbocycles. The first-order valence-electron chi connectivity index (χ1n) is 7.51. The van der Waals surface area contributed by atoms with Gasteiger partial charge in [-0.05, 0) is 26.0 Å². The third-order valence-electron chi connectivity index (χ3n) is 4.03. The van der Waals surface area contributed by atoms with E-state index in [0.29, 0.717) is 24.6 Å². The molecular formula is C15H20N6O2. The van der Waals surface area contributed by atoms with Gasteiger partial charge in [0.25, 0.3) is 0 Å². The number of morpholine rings is 1. The Kier molecular flexibility index (Phi) is 4.24. The van der Waals surface area contributed by atoms with Gasteiger partial charge in [-0.15, -0.1) is 10.2 Å². The van der Waals surface area contributed by atoms with Crippen LogP contribution in [0.25, 0.3) is 11.3 Å². The second kappa shape index (κ2) is 6.33. The summed E-state index contributed by atoms with van der Waals surface area (Å²) in [5.41, 5.74) is 2.68. The highest BCUT2D eigenvalue weighted by atomic mass is 16.5. The van der Waals surface area contributed by atoms with Gasteiger partial charge in [-0.2, -0.15) is 5.10 Å². The zero-order chi connectivity index (χ0) is 16.4. The minimum absolute atomic E-state index is 0.232. The highest BCUT2D eigenvalue weighted by Crippen LogP contribution is 2.27. The van der Waals surface area contributed by atoms with Gasteiger partial charge >= 0.3 is 0 Å². The highest BCUT2D eigenvalue weighted by molar-refractivity contribution is 6.02. The molecule has 8 heteroatoms. The van der Waals surface area contributed by atoms with E-state index in [9.17, 15) is 0 Å². The molecule has 3 rings (SSSR count). The average molecular weight is 316 g/mol. The van der Waals surface area contributed by atoms with Crippen molar-refractivity contribution in [1.29, 1.82) is 0 Å². The molecule has 2 aromatic rings. The Morgan fingerprint density at radius 2 is 2.26 bits per heavy atom.